The monoisotopic (exact) mass is 438 g/mol. The summed E-state index contributed by atoms with van der Waals surface area (Å²) in [6, 6.07) is 8.46. The molecule has 1 aliphatic carbocycles. The second-order valence-corrected chi connectivity index (χ2v) is 8.63. The topological polar surface area (TPSA) is 88.3 Å². The summed E-state index contributed by atoms with van der Waals surface area (Å²) in [5.74, 6) is -0.229. The van der Waals surface area contributed by atoms with Crippen LogP contribution in [0, 0.1) is 13.8 Å². The van der Waals surface area contributed by atoms with Gasteiger partial charge in [0.1, 0.15) is 5.76 Å². The Balaban J connectivity index is 1.78. The Morgan fingerprint density at radius 3 is 2.68 bits per heavy atom. The van der Waals surface area contributed by atoms with Gasteiger partial charge in [-0.2, -0.15) is 0 Å². The molecule has 3 aromatic rings. The molecular weight excluding hydrogens is 412 g/mol. The van der Waals surface area contributed by atoms with Crippen molar-refractivity contribution in [1.82, 2.24) is 14.9 Å². The fourth-order valence-electron chi connectivity index (χ4n) is 4.07. The van der Waals surface area contributed by atoms with Gasteiger partial charge >= 0.3 is 0 Å². The van der Waals surface area contributed by atoms with E-state index in [1.807, 2.05) is 32.0 Å². The van der Waals surface area contributed by atoms with Crippen molar-refractivity contribution in [2.45, 2.75) is 58.0 Å². The van der Waals surface area contributed by atoms with Gasteiger partial charge < -0.3 is 9.73 Å². The van der Waals surface area contributed by atoms with Crippen LogP contribution in [0.5, 0.6) is 0 Å². The normalized spacial score (nSPS) is 15.4. The highest BCUT2D eigenvalue weighted by Crippen LogP contribution is 2.33. The summed E-state index contributed by atoms with van der Waals surface area (Å²) in [5.41, 5.74) is 2.72. The molecule has 2 heterocycles. The smallest absolute Gasteiger partial charge is 0.280 e. The molecule has 2 aromatic heterocycles. The molecule has 1 atom stereocenters. The summed E-state index contributed by atoms with van der Waals surface area (Å²) in [5, 5.41) is 8.73. The summed E-state index contributed by atoms with van der Waals surface area (Å²) in [7, 11) is 0. The van der Waals surface area contributed by atoms with Crippen molar-refractivity contribution >= 4 is 29.0 Å². The fraction of sp³-hybridized carbons (Fsp3) is 0.391. The van der Waals surface area contributed by atoms with Gasteiger partial charge in [-0.1, -0.05) is 35.9 Å². The molecule has 1 aliphatic rings. The number of rotatable bonds is 6. The number of benzene rings is 1. The number of hydrogen-bond acceptors (Lipinski definition) is 6. The Labute approximate surface area is 185 Å². The summed E-state index contributed by atoms with van der Waals surface area (Å²) >= 11 is 1.10. The van der Waals surface area contributed by atoms with E-state index < -0.39 is 6.04 Å². The van der Waals surface area contributed by atoms with E-state index in [1.165, 1.54) is 17.6 Å². The number of carbonyl (C=O) groups excluding carboxylic acids is 2. The predicted octanol–water partition coefficient (Wildman–Crippen LogP) is 4.58. The lowest BCUT2D eigenvalue weighted by atomic mass is 9.95. The summed E-state index contributed by atoms with van der Waals surface area (Å²) in [6.45, 7) is 3.88. The van der Waals surface area contributed by atoms with Gasteiger partial charge in [0.25, 0.3) is 11.8 Å². The van der Waals surface area contributed by atoms with Crippen molar-refractivity contribution < 1.29 is 14.0 Å². The standard InChI is InChI=1S/C23H26N4O3S/c1-15-10-11-16(2)19(13-15)27(23(29)18-14-31-26-25-18)21(20-9-6-12-30-20)22(28)24-17-7-4-3-5-8-17/h6,9-14,17,21H,3-5,7-8H2,1-2H3,(H,24,28)/t21-/m1/s1. The van der Waals surface area contributed by atoms with Gasteiger partial charge in [-0.3, -0.25) is 14.5 Å². The van der Waals surface area contributed by atoms with Crippen LogP contribution < -0.4 is 10.2 Å². The highest BCUT2D eigenvalue weighted by molar-refractivity contribution is 7.03. The van der Waals surface area contributed by atoms with E-state index in [2.05, 4.69) is 14.9 Å². The van der Waals surface area contributed by atoms with Crippen LogP contribution in [0.1, 0.15) is 65.5 Å². The third-order valence-electron chi connectivity index (χ3n) is 5.69. The van der Waals surface area contributed by atoms with Gasteiger partial charge in [0.05, 0.1) is 6.26 Å². The van der Waals surface area contributed by atoms with E-state index >= 15 is 0 Å². The first-order valence-electron chi connectivity index (χ1n) is 10.6. The van der Waals surface area contributed by atoms with E-state index in [9.17, 15) is 9.59 Å². The number of furan rings is 1. The van der Waals surface area contributed by atoms with Crippen LogP contribution in [-0.4, -0.2) is 27.4 Å². The summed E-state index contributed by atoms with van der Waals surface area (Å²) in [6.07, 6.45) is 6.80. The minimum Gasteiger partial charge on any atom is -0.467 e. The minimum absolute atomic E-state index is 0.107. The fourth-order valence-corrected chi connectivity index (χ4v) is 4.50. The van der Waals surface area contributed by atoms with Crippen molar-refractivity contribution in [3.8, 4) is 0 Å². The summed E-state index contributed by atoms with van der Waals surface area (Å²) < 4.78 is 9.50. The summed E-state index contributed by atoms with van der Waals surface area (Å²) in [4.78, 5) is 28.7. The number of carbonyl (C=O) groups is 2. The molecule has 2 amide bonds. The zero-order chi connectivity index (χ0) is 21.8. The molecule has 162 valence electrons. The molecule has 1 fully saturated rings. The largest absolute Gasteiger partial charge is 0.467 e. The van der Waals surface area contributed by atoms with Crippen LogP contribution in [0.4, 0.5) is 5.69 Å². The van der Waals surface area contributed by atoms with E-state index in [0.29, 0.717) is 11.4 Å². The number of hydrogen-bond donors (Lipinski definition) is 1. The molecule has 4 rings (SSSR count). The number of nitrogens with zero attached hydrogens (tertiary/aromatic N) is 3. The Morgan fingerprint density at radius 1 is 1.19 bits per heavy atom. The first-order chi connectivity index (χ1) is 15.0. The van der Waals surface area contributed by atoms with Crippen LogP contribution in [0.15, 0.2) is 46.4 Å². The number of nitrogens with one attached hydrogen (secondary N) is 1. The molecule has 0 unspecified atom stereocenters. The molecule has 0 aliphatic heterocycles. The molecule has 1 saturated carbocycles. The van der Waals surface area contributed by atoms with Crippen molar-refractivity contribution in [2.24, 2.45) is 0 Å². The molecule has 7 nitrogen and oxygen atoms in total. The zero-order valence-corrected chi connectivity index (χ0v) is 18.5. The zero-order valence-electron chi connectivity index (χ0n) is 17.7. The van der Waals surface area contributed by atoms with Crippen LogP contribution in [-0.2, 0) is 4.79 Å². The number of aromatic nitrogens is 2. The van der Waals surface area contributed by atoms with E-state index in [-0.39, 0.29) is 23.6 Å². The van der Waals surface area contributed by atoms with Crippen molar-refractivity contribution in [1.29, 1.82) is 0 Å². The Bertz CT molecular complexity index is 1030. The van der Waals surface area contributed by atoms with Gasteiger partial charge in [0, 0.05) is 17.1 Å². The Hall–Kier alpha value is -3.00. The first-order valence-corrected chi connectivity index (χ1v) is 11.4. The maximum Gasteiger partial charge on any atom is 0.280 e. The number of amides is 2. The highest BCUT2D eigenvalue weighted by atomic mass is 32.1. The van der Waals surface area contributed by atoms with Gasteiger partial charge in [0.15, 0.2) is 11.7 Å². The van der Waals surface area contributed by atoms with Crippen LogP contribution in [0.25, 0.3) is 0 Å². The molecule has 0 radical (unpaired) electrons. The van der Waals surface area contributed by atoms with Crippen LogP contribution in [0.2, 0.25) is 0 Å². The van der Waals surface area contributed by atoms with E-state index in [1.54, 1.807) is 17.5 Å². The second-order valence-electron chi connectivity index (χ2n) is 8.02. The number of aryl methyl sites for hydroxylation is 2. The molecule has 0 saturated heterocycles. The highest BCUT2D eigenvalue weighted by Gasteiger charge is 2.37. The Morgan fingerprint density at radius 2 is 2.00 bits per heavy atom. The maximum absolute atomic E-state index is 13.6. The van der Waals surface area contributed by atoms with Gasteiger partial charge in [-0.25, -0.2) is 0 Å². The lowest BCUT2D eigenvalue weighted by Gasteiger charge is -2.32. The van der Waals surface area contributed by atoms with Gasteiger partial charge in [0.2, 0.25) is 0 Å². The quantitative estimate of drug-likeness (QED) is 0.608. The van der Waals surface area contributed by atoms with E-state index in [4.69, 9.17) is 4.42 Å². The third kappa shape index (κ3) is 4.69. The molecule has 31 heavy (non-hydrogen) atoms. The maximum atomic E-state index is 13.6. The Kier molecular flexibility index (Phi) is 6.46. The molecule has 0 bridgehead atoms. The third-order valence-corrected chi connectivity index (χ3v) is 6.20. The number of anilines is 1. The SMILES string of the molecule is Cc1ccc(C)c(N(C(=O)c2csnn2)[C@@H](C(=O)NC2CCCCC2)c2ccco2)c1. The average Bonchev–Trinajstić information content (AvgIpc) is 3.48. The van der Waals surface area contributed by atoms with Gasteiger partial charge in [-0.05, 0) is 67.5 Å². The average molecular weight is 439 g/mol. The lowest BCUT2D eigenvalue weighted by Crippen LogP contribution is -2.47. The predicted molar refractivity (Wildman–Crippen MR) is 119 cm³/mol. The van der Waals surface area contributed by atoms with Gasteiger partial charge in [-0.15, -0.1) is 5.10 Å². The van der Waals surface area contributed by atoms with Crippen molar-refractivity contribution in [3.63, 3.8) is 0 Å². The molecule has 8 heteroatoms. The van der Waals surface area contributed by atoms with Crippen LogP contribution >= 0.6 is 11.5 Å². The van der Waals surface area contributed by atoms with Crippen molar-refractivity contribution in [3.05, 3.63) is 64.6 Å². The minimum atomic E-state index is -0.952. The van der Waals surface area contributed by atoms with Crippen LogP contribution in [0.3, 0.4) is 0 Å². The second kappa shape index (κ2) is 9.43. The molecule has 0 spiro atoms. The lowest BCUT2D eigenvalue weighted by molar-refractivity contribution is -0.123. The molecule has 1 N–H and O–H groups in total. The first kappa shape index (κ1) is 21.2. The molecular formula is C23H26N4O3S. The van der Waals surface area contributed by atoms with E-state index in [0.717, 1.165) is 48.3 Å². The van der Waals surface area contributed by atoms with Crippen molar-refractivity contribution in [2.75, 3.05) is 4.90 Å². The molecule has 1 aromatic carbocycles.